The molecule has 0 amide bonds. The Morgan fingerprint density at radius 1 is 1.45 bits per heavy atom. The van der Waals surface area contributed by atoms with Crippen LogP contribution in [0.4, 0.5) is 10.1 Å². The number of nitrogens with zero attached hydrogens (tertiary/aromatic N) is 1. The summed E-state index contributed by atoms with van der Waals surface area (Å²) < 4.78 is 42.9. The molecule has 1 aromatic carbocycles. The van der Waals surface area contributed by atoms with Gasteiger partial charge in [-0.3, -0.25) is 4.79 Å². The molecule has 6 nitrogen and oxygen atoms in total. The number of benzene rings is 1. The van der Waals surface area contributed by atoms with Gasteiger partial charge >= 0.3 is 5.97 Å². The van der Waals surface area contributed by atoms with Crippen LogP contribution in [0, 0.1) is 5.82 Å². The average molecular weight is 304 g/mol. The molecule has 0 heterocycles. The van der Waals surface area contributed by atoms with E-state index in [-0.39, 0.29) is 23.5 Å². The summed E-state index contributed by atoms with van der Waals surface area (Å²) in [6.45, 7) is 0.133. The van der Waals surface area contributed by atoms with Gasteiger partial charge in [0.25, 0.3) is 0 Å². The first kappa shape index (κ1) is 16.4. The Hall–Kier alpha value is -1.67. The summed E-state index contributed by atoms with van der Waals surface area (Å²) in [4.78, 5) is 10.8. The second-order valence-electron chi connectivity index (χ2n) is 4.19. The highest BCUT2D eigenvalue weighted by Crippen LogP contribution is 2.22. The number of hydrogen-bond donors (Lipinski definition) is 1. The minimum absolute atomic E-state index is 0.120. The van der Waals surface area contributed by atoms with E-state index in [2.05, 4.69) is 4.74 Å². The van der Waals surface area contributed by atoms with Gasteiger partial charge in [-0.15, -0.1) is 0 Å². The molecule has 1 aromatic rings. The fourth-order valence-corrected chi connectivity index (χ4v) is 2.89. The van der Waals surface area contributed by atoms with Crippen molar-refractivity contribution in [3.63, 3.8) is 0 Å². The van der Waals surface area contributed by atoms with Crippen molar-refractivity contribution in [2.45, 2.75) is 17.7 Å². The number of ether oxygens (including phenoxy) is 1. The van der Waals surface area contributed by atoms with Crippen LogP contribution in [0.5, 0.6) is 0 Å². The van der Waals surface area contributed by atoms with E-state index in [1.807, 2.05) is 0 Å². The van der Waals surface area contributed by atoms with Gasteiger partial charge in [-0.25, -0.2) is 17.1 Å². The first-order valence-corrected chi connectivity index (χ1v) is 7.31. The Kier molecular flexibility index (Phi) is 5.46. The number of carbonyl (C=O) groups excluding carboxylic acids is 1. The van der Waals surface area contributed by atoms with Crippen LogP contribution in [0.25, 0.3) is 0 Å². The van der Waals surface area contributed by atoms with E-state index >= 15 is 0 Å². The molecule has 0 fully saturated rings. The number of nitrogens with two attached hydrogens (primary N) is 1. The predicted molar refractivity (Wildman–Crippen MR) is 71.9 cm³/mol. The lowest BCUT2D eigenvalue weighted by molar-refractivity contribution is -0.140. The first-order valence-electron chi connectivity index (χ1n) is 5.87. The van der Waals surface area contributed by atoms with Crippen molar-refractivity contribution in [3.05, 3.63) is 24.0 Å². The zero-order chi connectivity index (χ0) is 15.3. The largest absolute Gasteiger partial charge is 0.469 e. The van der Waals surface area contributed by atoms with Gasteiger partial charge in [0, 0.05) is 20.0 Å². The van der Waals surface area contributed by atoms with Crippen molar-refractivity contribution in [3.8, 4) is 0 Å². The fourth-order valence-electron chi connectivity index (χ4n) is 1.59. The zero-order valence-corrected chi connectivity index (χ0v) is 12.1. The molecule has 8 heteroatoms. The highest BCUT2D eigenvalue weighted by Gasteiger charge is 2.23. The molecule has 0 aliphatic rings. The number of anilines is 1. The molecule has 1 rings (SSSR count). The molecule has 0 spiro atoms. The number of nitrogen functional groups attached to an aromatic ring is 1. The monoisotopic (exact) mass is 304 g/mol. The SMILES string of the molecule is COC(=O)CCCN(C)S(=O)(=O)c1ccc(F)cc1N. The number of sulfonamides is 1. The minimum atomic E-state index is -3.80. The summed E-state index contributed by atoms with van der Waals surface area (Å²) >= 11 is 0. The topological polar surface area (TPSA) is 89.7 Å². The summed E-state index contributed by atoms with van der Waals surface area (Å²) in [5.74, 6) is -1.01. The van der Waals surface area contributed by atoms with E-state index < -0.39 is 21.8 Å². The van der Waals surface area contributed by atoms with Gasteiger partial charge in [0.1, 0.15) is 10.7 Å². The number of methoxy groups -OCH3 is 1. The summed E-state index contributed by atoms with van der Waals surface area (Å²) in [5, 5.41) is 0. The maximum Gasteiger partial charge on any atom is 0.305 e. The lowest BCUT2D eigenvalue weighted by Crippen LogP contribution is -2.29. The normalized spacial score (nSPS) is 11.6. The van der Waals surface area contributed by atoms with Crippen LogP contribution in [-0.2, 0) is 19.6 Å². The first-order chi connectivity index (χ1) is 9.28. The van der Waals surface area contributed by atoms with Crippen LogP contribution in [0.3, 0.4) is 0 Å². The second-order valence-corrected chi connectivity index (χ2v) is 6.20. The van der Waals surface area contributed by atoms with E-state index in [9.17, 15) is 17.6 Å². The summed E-state index contributed by atoms with van der Waals surface area (Å²) in [7, 11) is -1.17. The van der Waals surface area contributed by atoms with Crippen molar-refractivity contribution in [2.24, 2.45) is 0 Å². The molecule has 0 aromatic heterocycles. The van der Waals surface area contributed by atoms with Crippen LogP contribution in [0.2, 0.25) is 0 Å². The maximum atomic E-state index is 12.9. The molecular formula is C12H17FN2O4S. The van der Waals surface area contributed by atoms with Gasteiger partial charge in [0.2, 0.25) is 10.0 Å². The Bertz CT molecular complexity index is 589. The van der Waals surface area contributed by atoms with E-state index in [0.29, 0.717) is 6.42 Å². The molecule has 0 atom stereocenters. The standard InChI is InChI=1S/C12H17FN2O4S/c1-15(7-3-4-12(16)19-2)20(17,18)11-6-5-9(13)8-10(11)14/h5-6,8H,3-4,7,14H2,1-2H3. The van der Waals surface area contributed by atoms with Crippen LogP contribution < -0.4 is 5.73 Å². The quantitative estimate of drug-likeness (QED) is 0.625. The summed E-state index contributed by atoms with van der Waals surface area (Å²) in [6, 6.07) is 3.11. The molecule has 0 bridgehead atoms. The molecule has 112 valence electrons. The average Bonchev–Trinajstić information content (AvgIpc) is 2.37. The van der Waals surface area contributed by atoms with Crippen molar-refractivity contribution in [1.82, 2.24) is 4.31 Å². The van der Waals surface area contributed by atoms with E-state index in [4.69, 9.17) is 5.73 Å². The van der Waals surface area contributed by atoms with Crippen molar-refractivity contribution >= 4 is 21.7 Å². The molecule has 0 aliphatic carbocycles. The van der Waals surface area contributed by atoms with Crippen LogP contribution in [0.1, 0.15) is 12.8 Å². The third-order valence-corrected chi connectivity index (χ3v) is 4.67. The number of carbonyl (C=O) groups is 1. The summed E-state index contributed by atoms with van der Waals surface area (Å²) in [6.07, 6.45) is 0.443. The van der Waals surface area contributed by atoms with Gasteiger partial charge in [0.15, 0.2) is 0 Å². The molecule has 0 aliphatic heterocycles. The zero-order valence-electron chi connectivity index (χ0n) is 11.3. The van der Waals surface area contributed by atoms with Gasteiger partial charge in [-0.1, -0.05) is 0 Å². The van der Waals surface area contributed by atoms with Gasteiger partial charge < -0.3 is 10.5 Å². The second kappa shape index (κ2) is 6.67. The molecule has 0 saturated heterocycles. The van der Waals surface area contributed by atoms with Gasteiger partial charge in [-0.05, 0) is 24.6 Å². The van der Waals surface area contributed by atoms with Crippen molar-refractivity contribution in [2.75, 3.05) is 26.4 Å². The third kappa shape index (κ3) is 3.91. The molecule has 0 unspecified atom stereocenters. The summed E-state index contributed by atoms with van der Waals surface area (Å²) in [5.41, 5.74) is 5.38. The van der Waals surface area contributed by atoms with Crippen LogP contribution >= 0.6 is 0 Å². The third-order valence-electron chi connectivity index (χ3n) is 2.74. The molecule has 20 heavy (non-hydrogen) atoms. The predicted octanol–water partition coefficient (Wildman–Crippen LogP) is 0.982. The Balaban J connectivity index is 2.79. The number of rotatable bonds is 6. The van der Waals surface area contributed by atoms with Gasteiger partial charge in [-0.2, -0.15) is 0 Å². The minimum Gasteiger partial charge on any atom is -0.469 e. The number of esters is 1. The van der Waals surface area contributed by atoms with Crippen LogP contribution in [0.15, 0.2) is 23.1 Å². The smallest absolute Gasteiger partial charge is 0.305 e. The number of halogens is 1. The molecule has 0 saturated carbocycles. The Morgan fingerprint density at radius 2 is 2.10 bits per heavy atom. The van der Waals surface area contributed by atoms with E-state index in [1.54, 1.807) is 0 Å². The fraction of sp³-hybridized carbons (Fsp3) is 0.417. The van der Waals surface area contributed by atoms with E-state index in [1.165, 1.54) is 14.2 Å². The molecular weight excluding hydrogens is 287 g/mol. The highest BCUT2D eigenvalue weighted by molar-refractivity contribution is 7.89. The molecule has 0 radical (unpaired) electrons. The Morgan fingerprint density at radius 3 is 2.65 bits per heavy atom. The molecule has 2 N–H and O–H groups in total. The maximum absolute atomic E-state index is 12.9. The lowest BCUT2D eigenvalue weighted by Gasteiger charge is -2.18. The van der Waals surface area contributed by atoms with Crippen molar-refractivity contribution < 1.29 is 22.3 Å². The van der Waals surface area contributed by atoms with Gasteiger partial charge in [0.05, 0.1) is 12.8 Å². The van der Waals surface area contributed by atoms with Crippen molar-refractivity contribution in [1.29, 1.82) is 0 Å². The Labute approximate surface area is 117 Å². The highest BCUT2D eigenvalue weighted by atomic mass is 32.2. The van der Waals surface area contributed by atoms with E-state index in [0.717, 1.165) is 22.5 Å². The lowest BCUT2D eigenvalue weighted by atomic mass is 10.3. The number of hydrogen-bond acceptors (Lipinski definition) is 5. The van der Waals surface area contributed by atoms with Crippen LogP contribution in [-0.4, -0.2) is 39.4 Å².